The Balaban J connectivity index is 2.37. The smallest absolute Gasteiger partial charge is 0.388 e. The normalized spacial score (nSPS) is 19.6. The second-order valence-corrected chi connectivity index (χ2v) is 6.00. The van der Waals surface area contributed by atoms with Gasteiger partial charge >= 0.3 is 6.18 Å². The third kappa shape index (κ3) is 3.24. The summed E-state index contributed by atoms with van der Waals surface area (Å²) in [7, 11) is 0. The van der Waals surface area contributed by atoms with Crippen LogP contribution in [0.3, 0.4) is 0 Å². The van der Waals surface area contributed by atoms with Gasteiger partial charge < -0.3 is 10.0 Å². The molecular formula is C15H17F4NO2. The fraction of sp³-hybridized carbons (Fsp3) is 0.533. The van der Waals surface area contributed by atoms with Gasteiger partial charge in [0, 0.05) is 6.54 Å². The van der Waals surface area contributed by atoms with Gasteiger partial charge in [0.2, 0.25) is 0 Å². The highest BCUT2D eigenvalue weighted by Crippen LogP contribution is 2.32. The lowest BCUT2D eigenvalue weighted by atomic mass is 9.96. The van der Waals surface area contributed by atoms with Crippen LogP contribution in [0.4, 0.5) is 17.6 Å². The SMILES string of the molecule is CC(C)(O)C1CCCN1C(=O)c1cc(C(F)(F)F)ccc1F. The van der Waals surface area contributed by atoms with E-state index in [9.17, 15) is 27.5 Å². The molecule has 1 saturated heterocycles. The molecule has 1 aromatic rings. The predicted octanol–water partition coefficient (Wildman–Crippen LogP) is 3.22. The molecule has 122 valence electrons. The van der Waals surface area contributed by atoms with Crippen molar-refractivity contribution in [2.24, 2.45) is 0 Å². The number of hydrogen-bond donors (Lipinski definition) is 1. The van der Waals surface area contributed by atoms with Gasteiger partial charge in [-0.3, -0.25) is 4.79 Å². The van der Waals surface area contributed by atoms with Crippen LogP contribution >= 0.6 is 0 Å². The minimum atomic E-state index is -4.65. The molecule has 22 heavy (non-hydrogen) atoms. The molecule has 1 aliphatic heterocycles. The van der Waals surface area contributed by atoms with Crippen molar-refractivity contribution in [3.8, 4) is 0 Å². The maximum absolute atomic E-state index is 13.8. The molecule has 3 nitrogen and oxygen atoms in total. The number of alkyl halides is 3. The summed E-state index contributed by atoms with van der Waals surface area (Å²) in [5, 5.41) is 10.1. The summed E-state index contributed by atoms with van der Waals surface area (Å²) in [5.74, 6) is -1.83. The summed E-state index contributed by atoms with van der Waals surface area (Å²) in [6.07, 6.45) is -3.51. The van der Waals surface area contributed by atoms with E-state index in [2.05, 4.69) is 0 Å². The molecule has 1 aromatic carbocycles. The van der Waals surface area contributed by atoms with E-state index in [0.717, 1.165) is 0 Å². The van der Waals surface area contributed by atoms with Crippen molar-refractivity contribution in [2.45, 2.75) is 44.5 Å². The molecule has 2 rings (SSSR count). The Morgan fingerprint density at radius 3 is 2.50 bits per heavy atom. The van der Waals surface area contributed by atoms with Gasteiger partial charge in [0.1, 0.15) is 5.82 Å². The number of halogens is 4. The minimum Gasteiger partial charge on any atom is -0.388 e. The average molecular weight is 319 g/mol. The molecular weight excluding hydrogens is 302 g/mol. The van der Waals surface area contributed by atoms with Crippen LogP contribution in [0.25, 0.3) is 0 Å². The molecule has 0 saturated carbocycles. The Kier molecular flexibility index (Phi) is 4.21. The number of amides is 1. The Labute approximate surface area is 125 Å². The lowest BCUT2D eigenvalue weighted by Gasteiger charge is -2.34. The molecule has 1 heterocycles. The lowest BCUT2D eigenvalue weighted by molar-refractivity contribution is -0.137. The number of likely N-dealkylation sites (tertiary alicyclic amines) is 1. The van der Waals surface area contributed by atoms with E-state index in [1.54, 1.807) is 0 Å². The molecule has 1 aliphatic rings. The van der Waals surface area contributed by atoms with Crippen molar-refractivity contribution < 1.29 is 27.5 Å². The fourth-order valence-corrected chi connectivity index (χ4v) is 2.76. The van der Waals surface area contributed by atoms with E-state index in [1.807, 2.05) is 0 Å². The number of hydrogen-bond acceptors (Lipinski definition) is 2. The molecule has 0 bridgehead atoms. The topological polar surface area (TPSA) is 40.5 Å². The average Bonchev–Trinajstić information content (AvgIpc) is 2.86. The van der Waals surface area contributed by atoms with E-state index in [1.165, 1.54) is 18.7 Å². The quantitative estimate of drug-likeness (QED) is 0.850. The van der Waals surface area contributed by atoms with Crippen molar-refractivity contribution in [1.29, 1.82) is 0 Å². The molecule has 0 spiro atoms. The fourth-order valence-electron chi connectivity index (χ4n) is 2.76. The maximum atomic E-state index is 13.8. The first-order valence-electron chi connectivity index (χ1n) is 6.92. The van der Waals surface area contributed by atoms with Crippen molar-refractivity contribution >= 4 is 5.91 Å². The van der Waals surface area contributed by atoms with Crippen molar-refractivity contribution in [2.75, 3.05) is 6.54 Å². The monoisotopic (exact) mass is 319 g/mol. The van der Waals surface area contributed by atoms with Crippen LogP contribution in [0.15, 0.2) is 18.2 Å². The molecule has 1 N–H and O–H groups in total. The molecule has 7 heteroatoms. The van der Waals surface area contributed by atoms with Crippen molar-refractivity contribution in [3.05, 3.63) is 35.1 Å². The number of nitrogens with zero attached hydrogens (tertiary/aromatic N) is 1. The van der Waals surface area contributed by atoms with Crippen molar-refractivity contribution in [1.82, 2.24) is 4.90 Å². The number of rotatable bonds is 2. The van der Waals surface area contributed by atoms with E-state index in [4.69, 9.17) is 0 Å². The highest BCUT2D eigenvalue weighted by atomic mass is 19.4. The number of benzene rings is 1. The molecule has 1 unspecified atom stereocenters. The largest absolute Gasteiger partial charge is 0.416 e. The van der Waals surface area contributed by atoms with Gasteiger partial charge in [0.15, 0.2) is 0 Å². The van der Waals surface area contributed by atoms with Crippen LogP contribution < -0.4 is 0 Å². The summed E-state index contributed by atoms with van der Waals surface area (Å²) < 4.78 is 52.0. The van der Waals surface area contributed by atoms with Gasteiger partial charge in [-0.2, -0.15) is 13.2 Å². The second-order valence-electron chi connectivity index (χ2n) is 6.00. The first kappa shape index (κ1) is 16.7. The molecule has 0 radical (unpaired) electrons. The van der Waals surface area contributed by atoms with Gasteiger partial charge in [-0.05, 0) is 44.9 Å². The van der Waals surface area contributed by atoms with Crippen LogP contribution in [-0.2, 0) is 6.18 Å². The third-order valence-corrected chi connectivity index (χ3v) is 3.85. The Hall–Kier alpha value is -1.63. The molecule has 0 aliphatic carbocycles. The summed E-state index contributed by atoms with van der Waals surface area (Å²) in [6, 6.07) is 1.22. The zero-order valence-electron chi connectivity index (χ0n) is 12.2. The Morgan fingerprint density at radius 1 is 1.32 bits per heavy atom. The van der Waals surface area contributed by atoms with Gasteiger partial charge in [-0.1, -0.05) is 0 Å². The molecule has 1 atom stereocenters. The van der Waals surface area contributed by atoms with Crippen LogP contribution in [0.2, 0.25) is 0 Å². The van der Waals surface area contributed by atoms with Crippen LogP contribution in [0.1, 0.15) is 42.6 Å². The maximum Gasteiger partial charge on any atom is 0.416 e. The molecule has 1 amide bonds. The first-order valence-corrected chi connectivity index (χ1v) is 6.92. The van der Waals surface area contributed by atoms with Crippen molar-refractivity contribution in [3.63, 3.8) is 0 Å². The highest BCUT2D eigenvalue weighted by molar-refractivity contribution is 5.95. The van der Waals surface area contributed by atoms with E-state index in [0.29, 0.717) is 31.0 Å². The van der Waals surface area contributed by atoms with Gasteiger partial charge in [0.05, 0.1) is 22.8 Å². The van der Waals surface area contributed by atoms with Gasteiger partial charge in [-0.25, -0.2) is 4.39 Å². The number of carbonyl (C=O) groups is 1. The summed E-state index contributed by atoms with van der Waals surface area (Å²) in [5.41, 5.74) is -2.90. The van der Waals surface area contributed by atoms with Gasteiger partial charge in [-0.15, -0.1) is 0 Å². The molecule has 1 fully saturated rings. The predicted molar refractivity (Wildman–Crippen MR) is 71.8 cm³/mol. The Morgan fingerprint density at radius 2 is 1.95 bits per heavy atom. The van der Waals surface area contributed by atoms with Crippen LogP contribution in [0.5, 0.6) is 0 Å². The van der Waals surface area contributed by atoms with E-state index in [-0.39, 0.29) is 6.54 Å². The molecule has 0 aromatic heterocycles. The Bertz CT molecular complexity index is 578. The summed E-state index contributed by atoms with van der Waals surface area (Å²) >= 11 is 0. The van der Waals surface area contributed by atoms with Gasteiger partial charge in [0.25, 0.3) is 5.91 Å². The second kappa shape index (κ2) is 5.53. The third-order valence-electron chi connectivity index (χ3n) is 3.85. The number of carbonyl (C=O) groups excluding carboxylic acids is 1. The van der Waals surface area contributed by atoms with Crippen LogP contribution in [-0.4, -0.2) is 34.1 Å². The van der Waals surface area contributed by atoms with E-state index < -0.39 is 40.7 Å². The summed E-state index contributed by atoms with van der Waals surface area (Å²) in [6.45, 7) is 3.32. The highest BCUT2D eigenvalue weighted by Gasteiger charge is 2.40. The summed E-state index contributed by atoms with van der Waals surface area (Å²) in [4.78, 5) is 13.7. The first-order chi connectivity index (χ1) is 10.0. The number of aliphatic hydroxyl groups is 1. The zero-order chi connectivity index (χ0) is 16.7. The minimum absolute atomic E-state index is 0.281. The van der Waals surface area contributed by atoms with E-state index >= 15 is 0 Å². The zero-order valence-corrected chi connectivity index (χ0v) is 12.2. The standard InChI is InChI=1S/C15H17F4NO2/c1-14(2,22)12-4-3-7-20(12)13(21)10-8-9(15(17,18)19)5-6-11(10)16/h5-6,8,12,22H,3-4,7H2,1-2H3. The lowest BCUT2D eigenvalue weighted by Crippen LogP contribution is -2.48. The van der Waals surface area contributed by atoms with Crippen LogP contribution in [0, 0.1) is 5.82 Å².